The van der Waals surface area contributed by atoms with Crippen molar-refractivity contribution in [3.05, 3.63) is 11.6 Å². The van der Waals surface area contributed by atoms with Gasteiger partial charge in [-0.1, -0.05) is 22.0 Å². The van der Waals surface area contributed by atoms with Crippen LogP contribution in [0.15, 0.2) is 11.6 Å². The van der Waals surface area contributed by atoms with E-state index in [2.05, 4.69) is 15.9 Å². The Morgan fingerprint density at radius 1 is 1.50 bits per heavy atom. The topological polar surface area (TPSA) is 18.5 Å². The molecular weight excluding hydrogens is 196 g/mol. The maximum Gasteiger partial charge on any atom is 0.178 e. The molecule has 10 heavy (non-hydrogen) atoms. The van der Waals surface area contributed by atoms with E-state index in [-0.39, 0.29) is 6.29 Å². The van der Waals surface area contributed by atoms with E-state index in [0.29, 0.717) is 0 Å². The molecule has 2 nitrogen and oxygen atoms in total. The molecule has 0 aliphatic carbocycles. The Bertz CT molecular complexity index is 108. The number of hydrogen-bond acceptors (Lipinski definition) is 2. The van der Waals surface area contributed by atoms with Gasteiger partial charge in [0.05, 0.1) is 0 Å². The van der Waals surface area contributed by atoms with Crippen molar-refractivity contribution in [1.29, 1.82) is 0 Å². The lowest BCUT2D eigenvalue weighted by molar-refractivity contribution is -0.0747. The third kappa shape index (κ3) is 3.34. The monoisotopic (exact) mass is 208 g/mol. The lowest BCUT2D eigenvalue weighted by Crippen LogP contribution is -2.14. The molecule has 0 saturated heterocycles. The molecule has 0 saturated carbocycles. The molecule has 0 aliphatic heterocycles. The van der Waals surface area contributed by atoms with Gasteiger partial charge >= 0.3 is 0 Å². The third-order valence-electron chi connectivity index (χ3n) is 1.20. The van der Waals surface area contributed by atoms with Crippen LogP contribution in [0.1, 0.15) is 6.92 Å². The predicted molar refractivity (Wildman–Crippen MR) is 45.4 cm³/mol. The summed E-state index contributed by atoms with van der Waals surface area (Å²) in [5, 5.41) is 0.835. The van der Waals surface area contributed by atoms with E-state index in [1.54, 1.807) is 14.2 Å². The summed E-state index contributed by atoms with van der Waals surface area (Å²) < 4.78 is 10.0. The smallest absolute Gasteiger partial charge is 0.178 e. The van der Waals surface area contributed by atoms with Crippen LogP contribution in [0.5, 0.6) is 0 Å². The standard InChI is InChI=1S/C7H13BrO2/c1-6(4-5-8)7(9-2)10-3/h4,7H,5H2,1-3H3. The van der Waals surface area contributed by atoms with Crippen LogP contribution in [0.4, 0.5) is 0 Å². The van der Waals surface area contributed by atoms with E-state index < -0.39 is 0 Å². The quantitative estimate of drug-likeness (QED) is 0.400. The summed E-state index contributed by atoms with van der Waals surface area (Å²) in [6.45, 7) is 1.97. The molecule has 0 fully saturated rings. The molecule has 0 aromatic rings. The van der Waals surface area contributed by atoms with Crippen molar-refractivity contribution in [2.24, 2.45) is 0 Å². The minimum absolute atomic E-state index is 0.197. The molecule has 0 spiro atoms. The zero-order valence-corrected chi connectivity index (χ0v) is 8.14. The summed E-state index contributed by atoms with van der Waals surface area (Å²) in [6, 6.07) is 0. The largest absolute Gasteiger partial charge is 0.352 e. The Morgan fingerprint density at radius 3 is 2.30 bits per heavy atom. The van der Waals surface area contributed by atoms with E-state index in [1.165, 1.54) is 0 Å². The third-order valence-corrected chi connectivity index (χ3v) is 1.52. The Balaban J connectivity index is 3.87. The number of rotatable bonds is 4. The van der Waals surface area contributed by atoms with Crippen molar-refractivity contribution in [3.63, 3.8) is 0 Å². The number of alkyl halides is 1. The molecule has 0 bridgehead atoms. The van der Waals surface area contributed by atoms with Gasteiger partial charge in [0.1, 0.15) is 0 Å². The predicted octanol–water partition coefficient (Wildman–Crippen LogP) is 1.95. The lowest BCUT2D eigenvalue weighted by Gasteiger charge is -2.12. The van der Waals surface area contributed by atoms with Gasteiger partial charge in [0.15, 0.2) is 6.29 Å². The van der Waals surface area contributed by atoms with E-state index in [9.17, 15) is 0 Å². The Labute approximate surface area is 70.3 Å². The second-order valence-corrected chi connectivity index (χ2v) is 2.55. The first-order valence-corrected chi connectivity index (χ1v) is 4.16. The van der Waals surface area contributed by atoms with Gasteiger partial charge < -0.3 is 9.47 Å². The minimum atomic E-state index is -0.197. The van der Waals surface area contributed by atoms with Crippen molar-refractivity contribution >= 4 is 15.9 Å². The molecule has 0 aromatic carbocycles. The van der Waals surface area contributed by atoms with Gasteiger partial charge in [-0.05, 0) is 12.5 Å². The van der Waals surface area contributed by atoms with Crippen LogP contribution < -0.4 is 0 Å². The highest BCUT2D eigenvalue weighted by Crippen LogP contribution is 2.05. The van der Waals surface area contributed by atoms with Gasteiger partial charge in [0.2, 0.25) is 0 Å². The van der Waals surface area contributed by atoms with Crippen LogP contribution in [0.3, 0.4) is 0 Å². The summed E-state index contributed by atoms with van der Waals surface area (Å²) in [4.78, 5) is 0. The summed E-state index contributed by atoms with van der Waals surface area (Å²) in [7, 11) is 3.25. The molecule has 0 N–H and O–H groups in total. The number of methoxy groups -OCH3 is 2. The van der Waals surface area contributed by atoms with Crippen molar-refractivity contribution in [3.8, 4) is 0 Å². The molecule has 0 atom stereocenters. The van der Waals surface area contributed by atoms with Crippen LogP contribution in [-0.4, -0.2) is 25.8 Å². The van der Waals surface area contributed by atoms with Crippen molar-refractivity contribution in [1.82, 2.24) is 0 Å². The fraction of sp³-hybridized carbons (Fsp3) is 0.714. The van der Waals surface area contributed by atoms with Crippen molar-refractivity contribution in [2.75, 3.05) is 19.5 Å². The van der Waals surface area contributed by atoms with Gasteiger partial charge in [-0.15, -0.1) is 0 Å². The van der Waals surface area contributed by atoms with E-state index in [1.807, 2.05) is 13.0 Å². The Kier molecular flexibility index (Phi) is 5.97. The molecular formula is C7H13BrO2. The normalized spacial score (nSPS) is 12.7. The highest BCUT2D eigenvalue weighted by molar-refractivity contribution is 9.09. The van der Waals surface area contributed by atoms with Crippen molar-refractivity contribution < 1.29 is 9.47 Å². The van der Waals surface area contributed by atoms with Gasteiger partial charge in [-0.2, -0.15) is 0 Å². The SMILES string of the molecule is COC(OC)C(C)=CCBr. The first-order valence-electron chi connectivity index (χ1n) is 3.04. The first-order chi connectivity index (χ1) is 4.76. The van der Waals surface area contributed by atoms with Crippen LogP contribution in [0, 0.1) is 0 Å². The van der Waals surface area contributed by atoms with Gasteiger partial charge in [0, 0.05) is 19.5 Å². The van der Waals surface area contributed by atoms with Crippen LogP contribution >= 0.6 is 15.9 Å². The summed E-state index contributed by atoms with van der Waals surface area (Å²) in [6.07, 6.45) is 1.81. The van der Waals surface area contributed by atoms with Crippen LogP contribution in [0.25, 0.3) is 0 Å². The average molecular weight is 209 g/mol. The number of halogens is 1. The summed E-state index contributed by atoms with van der Waals surface area (Å²) in [5.41, 5.74) is 1.09. The Hall–Kier alpha value is 0.140. The van der Waals surface area contributed by atoms with Gasteiger partial charge in [0.25, 0.3) is 0 Å². The summed E-state index contributed by atoms with van der Waals surface area (Å²) in [5.74, 6) is 0. The molecule has 0 amide bonds. The highest BCUT2D eigenvalue weighted by Gasteiger charge is 2.05. The fourth-order valence-electron chi connectivity index (χ4n) is 0.686. The second-order valence-electron chi connectivity index (χ2n) is 1.91. The fourth-order valence-corrected chi connectivity index (χ4v) is 1.20. The zero-order valence-electron chi connectivity index (χ0n) is 6.56. The molecule has 0 aliphatic rings. The van der Waals surface area contributed by atoms with Gasteiger partial charge in [-0.3, -0.25) is 0 Å². The van der Waals surface area contributed by atoms with Crippen LogP contribution in [0.2, 0.25) is 0 Å². The van der Waals surface area contributed by atoms with E-state index in [0.717, 1.165) is 10.9 Å². The lowest BCUT2D eigenvalue weighted by atomic mass is 10.3. The highest BCUT2D eigenvalue weighted by atomic mass is 79.9. The van der Waals surface area contributed by atoms with Gasteiger partial charge in [-0.25, -0.2) is 0 Å². The van der Waals surface area contributed by atoms with Crippen molar-refractivity contribution in [2.45, 2.75) is 13.2 Å². The molecule has 0 heterocycles. The second kappa shape index (κ2) is 5.89. The molecule has 3 heteroatoms. The van der Waals surface area contributed by atoms with Crippen LogP contribution in [-0.2, 0) is 9.47 Å². The first kappa shape index (κ1) is 10.1. The number of ether oxygens (including phenoxy) is 2. The zero-order chi connectivity index (χ0) is 7.98. The molecule has 0 rings (SSSR count). The maximum absolute atomic E-state index is 5.00. The average Bonchev–Trinajstić information content (AvgIpc) is 1.91. The number of hydrogen-bond donors (Lipinski definition) is 0. The molecule has 0 aromatic heterocycles. The molecule has 60 valence electrons. The summed E-state index contributed by atoms with van der Waals surface area (Å²) >= 11 is 3.29. The minimum Gasteiger partial charge on any atom is -0.352 e. The maximum atomic E-state index is 5.00. The van der Waals surface area contributed by atoms with E-state index >= 15 is 0 Å². The molecule has 0 unspecified atom stereocenters. The Morgan fingerprint density at radius 2 is 2.00 bits per heavy atom. The van der Waals surface area contributed by atoms with E-state index in [4.69, 9.17) is 9.47 Å². The molecule has 0 radical (unpaired) electrons. The number of allylic oxidation sites excluding steroid dienone is 1.